The summed E-state index contributed by atoms with van der Waals surface area (Å²) in [6, 6.07) is 0. The molecule has 96 valence electrons. The highest BCUT2D eigenvalue weighted by Crippen LogP contribution is 2.19. The summed E-state index contributed by atoms with van der Waals surface area (Å²) in [6.45, 7) is 3.79. The summed E-state index contributed by atoms with van der Waals surface area (Å²) in [4.78, 5) is 15.6. The molecule has 2 rings (SSSR count). The van der Waals surface area contributed by atoms with Crippen molar-refractivity contribution in [2.45, 2.75) is 19.6 Å². The SMILES string of the molecule is Cc1noc(C)c1CSCC(=O)Nc1nccs1. The highest BCUT2D eigenvalue weighted by molar-refractivity contribution is 7.99. The zero-order valence-electron chi connectivity index (χ0n) is 10.1. The van der Waals surface area contributed by atoms with Crippen molar-refractivity contribution in [2.75, 3.05) is 11.1 Å². The maximum absolute atomic E-state index is 11.6. The predicted octanol–water partition coefficient (Wildman–Crippen LogP) is 2.62. The molecule has 1 amide bonds. The van der Waals surface area contributed by atoms with Gasteiger partial charge in [-0.2, -0.15) is 0 Å². The normalized spacial score (nSPS) is 10.6. The minimum absolute atomic E-state index is 0.0401. The smallest absolute Gasteiger partial charge is 0.236 e. The fraction of sp³-hybridized carbons (Fsp3) is 0.364. The Balaban J connectivity index is 1.77. The second-order valence-electron chi connectivity index (χ2n) is 3.68. The van der Waals surface area contributed by atoms with E-state index in [9.17, 15) is 4.79 Å². The molecule has 0 unspecified atom stereocenters. The van der Waals surface area contributed by atoms with E-state index in [-0.39, 0.29) is 5.91 Å². The number of anilines is 1. The second kappa shape index (κ2) is 6.01. The van der Waals surface area contributed by atoms with Crippen LogP contribution in [0.4, 0.5) is 5.13 Å². The topological polar surface area (TPSA) is 68.0 Å². The second-order valence-corrected chi connectivity index (χ2v) is 5.56. The maximum atomic E-state index is 11.6. The summed E-state index contributed by atoms with van der Waals surface area (Å²) in [5.74, 6) is 1.90. The number of nitrogens with one attached hydrogen (secondary N) is 1. The summed E-state index contributed by atoms with van der Waals surface area (Å²) in [7, 11) is 0. The van der Waals surface area contributed by atoms with Crippen LogP contribution in [0, 0.1) is 13.8 Å². The van der Waals surface area contributed by atoms with Crippen LogP contribution in [0.3, 0.4) is 0 Å². The molecule has 0 aliphatic rings. The van der Waals surface area contributed by atoms with Crippen LogP contribution in [0.15, 0.2) is 16.1 Å². The summed E-state index contributed by atoms with van der Waals surface area (Å²) in [5.41, 5.74) is 1.96. The van der Waals surface area contributed by atoms with Crippen LogP contribution < -0.4 is 5.32 Å². The molecule has 2 aromatic heterocycles. The van der Waals surface area contributed by atoms with E-state index in [1.807, 2.05) is 19.2 Å². The first-order valence-corrected chi connectivity index (χ1v) is 7.39. The predicted molar refractivity (Wildman–Crippen MR) is 72.9 cm³/mol. The van der Waals surface area contributed by atoms with Gasteiger partial charge >= 0.3 is 0 Å². The van der Waals surface area contributed by atoms with E-state index in [2.05, 4.69) is 15.5 Å². The van der Waals surface area contributed by atoms with Crippen LogP contribution in [0.5, 0.6) is 0 Å². The van der Waals surface area contributed by atoms with E-state index in [4.69, 9.17) is 4.52 Å². The molecule has 0 saturated carbocycles. The van der Waals surface area contributed by atoms with Gasteiger partial charge in [0, 0.05) is 22.9 Å². The van der Waals surface area contributed by atoms with E-state index in [0.717, 1.165) is 22.8 Å². The number of aryl methyl sites for hydroxylation is 2. The molecule has 0 bridgehead atoms. The van der Waals surface area contributed by atoms with Crippen LogP contribution >= 0.6 is 23.1 Å². The van der Waals surface area contributed by atoms with Crippen LogP contribution in [0.1, 0.15) is 17.0 Å². The van der Waals surface area contributed by atoms with E-state index < -0.39 is 0 Å². The molecule has 0 spiro atoms. The molecular formula is C11H13N3O2S2. The Morgan fingerprint density at radius 3 is 3.00 bits per heavy atom. The van der Waals surface area contributed by atoms with E-state index in [1.165, 1.54) is 23.1 Å². The molecule has 0 saturated heterocycles. The lowest BCUT2D eigenvalue weighted by Crippen LogP contribution is -2.13. The zero-order chi connectivity index (χ0) is 13.0. The van der Waals surface area contributed by atoms with Crippen LogP contribution in [-0.2, 0) is 10.5 Å². The van der Waals surface area contributed by atoms with Gasteiger partial charge in [-0.15, -0.1) is 23.1 Å². The number of hydrogen-bond acceptors (Lipinski definition) is 6. The molecule has 7 heteroatoms. The number of aromatic nitrogens is 2. The van der Waals surface area contributed by atoms with Gasteiger partial charge in [0.1, 0.15) is 5.76 Å². The summed E-state index contributed by atoms with van der Waals surface area (Å²) in [5, 5.41) is 9.08. The Morgan fingerprint density at radius 2 is 2.39 bits per heavy atom. The molecule has 0 radical (unpaired) electrons. The quantitative estimate of drug-likeness (QED) is 0.913. The molecule has 18 heavy (non-hydrogen) atoms. The lowest BCUT2D eigenvalue weighted by molar-refractivity contribution is -0.113. The molecule has 2 heterocycles. The summed E-state index contributed by atoms with van der Waals surface area (Å²) >= 11 is 2.94. The largest absolute Gasteiger partial charge is 0.361 e. The number of hydrogen-bond donors (Lipinski definition) is 1. The number of thioether (sulfide) groups is 1. The number of rotatable bonds is 5. The number of thiazole rings is 1. The van der Waals surface area contributed by atoms with Crippen molar-refractivity contribution >= 4 is 34.1 Å². The van der Waals surface area contributed by atoms with Gasteiger partial charge in [0.05, 0.1) is 11.4 Å². The first kappa shape index (κ1) is 13.1. The molecule has 1 N–H and O–H groups in total. The van der Waals surface area contributed by atoms with Crippen molar-refractivity contribution in [1.29, 1.82) is 0 Å². The molecule has 0 atom stereocenters. The zero-order valence-corrected chi connectivity index (χ0v) is 11.7. The lowest BCUT2D eigenvalue weighted by atomic mass is 10.2. The third-order valence-corrected chi connectivity index (χ3v) is 3.99. The van der Waals surface area contributed by atoms with Gasteiger partial charge in [-0.25, -0.2) is 4.98 Å². The monoisotopic (exact) mass is 283 g/mol. The molecular weight excluding hydrogens is 270 g/mol. The Labute approximate surface area is 113 Å². The van der Waals surface area contributed by atoms with Crippen molar-refractivity contribution in [3.63, 3.8) is 0 Å². The van der Waals surface area contributed by atoms with Crippen LogP contribution in [0.25, 0.3) is 0 Å². The first-order valence-electron chi connectivity index (χ1n) is 5.35. The van der Waals surface area contributed by atoms with Gasteiger partial charge in [0.2, 0.25) is 5.91 Å². The Bertz CT molecular complexity index is 503. The van der Waals surface area contributed by atoms with Gasteiger partial charge in [-0.05, 0) is 13.8 Å². The number of amides is 1. The van der Waals surface area contributed by atoms with Crippen molar-refractivity contribution < 1.29 is 9.32 Å². The number of carbonyl (C=O) groups is 1. The van der Waals surface area contributed by atoms with Gasteiger partial charge in [0.15, 0.2) is 5.13 Å². The van der Waals surface area contributed by atoms with Crippen molar-refractivity contribution in [1.82, 2.24) is 10.1 Å². The van der Waals surface area contributed by atoms with Gasteiger partial charge in [0.25, 0.3) is 0 Å². The highest BCUT2D eigenvalue weighted by Gasteiger charge is 2.10. The minimum atomic E-state index is -0.0401. The Morgan fingerprint density at radius 1 is 1.56 bits per heavy atom. The van der Waals surface area contributed by atoms with Gasteiger partial charge in [-0.1, -0.05) is 5.16 Å². The third-order valence-electron chi connectivity index (χ3n) is 2.34. The van der Waals surface area contributed by atoms with Crippen LogP contribution in [0.2, 0.25) is 0 Å². The summed E-state index contributed by atoms with van der Waals surface area (Å²) < 4.78 is 5.07. The average Bonchev–Trinajstić information content (AvgIpc) is 2.93. The summed E-state index contributed by atoms with van der Waals surface area (Å²) in [6.07, 6.45) is 1.66. The third kappa shape index (κ3) is 3.33. The van der Waals surface area contributed by atoms with E-state index >= 15 is 0 Å². The van der Waals surface area contributed by atoms with E-state index in [1.54, 1.807) is 6.20 Å². The van der Waals surface area contributed by atoms with Gasteiger partial charge in [-0.3, -0.25) is 4.79 Å². The Hall–Kier alpha value is -1.34. The minimum Gasteiger partial charge on any atom is -0.361 e. The van der Waals surface area contributed by atoms with E-state index in [0.29, 0.717) is 10.9 Å². The van der Waals surface area contributed by atoms with Crippen molar-refractivity contribution in [2.24, 2.45) is 0 Å². The average molecular weight is 283 g/mol. The number of nitrogens with zero attached hydrogens (tertiary/aromatic N) is 2. The highest BCUT2D eigenvalue weighted by atomic mass is 32.2. The molecule has 2 aromatic rings. The standard InChI is InChI=1S/C11H13N3O2S2/c1-7-9(8(2)16-14-7)5-17-6-10(15)13-11-12-3-4-18-11/h3-4H,5-6H2,1-2H3,(H,12,13,15). The first-order chi connectivity index (χ1) is 8.66. The van der Waals surface area contributed by atoms with Crippen LogP contribution in [-0.4, -0.2) is 21.8 Å². The molecule has 5 nitrogen and oxygen atoms in total. The molecule has 0 fully saturated rings. The Kier molecular flexibility index (Phi) is 4.38. The number of carbonyl (C=O) groups excluding carboxylic acids is 1. The lowest BCUT2D eigenvalue weighted by Gasteiger charge is -2.01. The maximum Gasteiger partial charge on any atom is 0.236 e. The van der Waals surface area contributed by atoms with Crippen molar-refractivity contribution in [3.05, 3.63) is 28.6 Å². The molecule has 0 aliphatic heterocycles. The fourth-order valence-electron chi connectivity index (χ4n) is 1.39. The molecule has 0 aliphatic carbocycles. The van der Waals surface area contributed by atoms with Crippen molar-refractivity contribution in [3.8, 4) is 0 Å². The molecule has 0 aromatic carbocycles. The van der Waals surface area contributed by atoms with Gasteiger partial charge < -0.3 is 9.84 Å². The fourth-order valence-corrected chi connectivity index (χ4v) is 2.92.